The van der Waals surface area contributed by atoms with Crippen LogP contribution in [-0.2, 0) is 4.79 Å². The molecule has 0 bridgehead atoms. The molecule has 1 aliphatic heterocycles. The number of carbonyl (C=O) groups is 1. The Morgan fingerprint density at radius 2 is 1.94 bits per heavy atom. The van der Waals surface area contributed by atoms with Gasteiger partial charge in [-0.2, -0.15) is 0 Å². The van der Waals surface area contributed by atoms with Crippen LogP contribution < -0.4 is 5.73 Å². The van der Waals surface area contributed by atoms with Crippen LogP contribution in [-0.4, -0.2) is 40.1 Å². The quantitative estimate of drug-likeness (QED) is 0.740. The third kappa shape index (κ3) is 2.86. The molecule has 2 unspecified atom stereocenters. The first-order chi connectivity index (χ1) is 8.32. The van der Waals surface area contributed by atoms with Gasteiger partial charge >= 0.3 is 0 Å². The summed E-state index contributed by atoms with van der Waals surface area (Å²) in [4.78, 5) is 14.4. The fraction of sp³-hybridized carbons (Fsp3) is 0.929. The molecular weight excluding hydrogens is 228 g/mol. The van der Waals surface area contributed by atoms with Crippen molar-refractivity contribution in [3.8, 4) is 0 Å². The second-order valence-corrected chi connectivity index (χ2v) is 6.65. The van der Waals surface area contributed by atoms with E-state index in [0.717, 1.165) is 19.3 Å². The minimum Gasteiger partial charge on any atom is -0.390 e. The predicted molar refractivity (Wildman–Crippen MR) is 71.0 cm³/mol. The highest BCUT2D eigenvalue weighted by atomic mass is 16.3. The van der Waals surface area contributed by atoms with Crippen LogP contribution in [0.15, 0.2) is 0 Å². The van der Waals surface area contributed by atoms with Gasteiger partial charge in [0.2, 0.25) is 5.91 Å². The average molecular weight is 254 g/mol. The standard InChI is InChI=1S/C14H26N2O2/c1-11-4-3-5-14(15,10-11)12(17)16-8-6-13(2,18)7-9-16/h11,18H,3-10,15H2,1-2H3. The molecular formula is C14H26N2O2. The maximum absolute atomic E-state index is 12.6. The number of nitrogens with zero attached hydrogens (tertiary/aromatic N) is 1. The summed E-state index contributed by atoms with van der Waals surface area (Å²) >= 11 is 0. The van der Waals surface area contributed by atoms with Crippen molar-refractivity contribution in [1.29, 1.82) is 0 Å². The van der Waals surface area contributed by atoms with Crippen LogP contribution in [0.1, 0.15) is 52.4 Å². The van der Waals surface area contributed by atoms with E-state index < -0.39 is 11.1 Å². The molecule has 1 heterocycles. The molecule has 104 valence electrons. The van der Waals surface area contributed by atoms with Gasteiger partial charge in [0.15, 0.2) is 0 Å². The van der Waals surface area contributed by atoms with E-state index in [1.54, 1.807) is 0 Å². The highest BCUT2D eigenvalue weighted by molar-refractivity contribution is 5.86. The molecule has 1 amide bonds. The Balaban J connectivity index is 1.99. The Kier molecular flexibility index (Phi) is 3.70. The topological polar surface area (TPSA) is 66.6 Å². The van der Waals surface area contributed by atoms with E-state index in [4.69, 9.17) is 5.73 Å². The maximum Gasteiger partial charge on any atom is 0.242 e. The molecule has 3 N–H and O–H groups in total. The summed E-state index contributed by atoms with van der Waals surface area (Å²) in [6.45, 7) is 5.29. The zero-order valence-corrected chi connectivity index (χ0v) is 11.6. The molecule has 0 spiro atoms. The molecule has 1 saturated heterocycles. The van der Waals surface area contributed by atoms with Crippen LogP contribution in [0.3, 0.4) is 0 Å². The number of amides is 1. The fourth-order valence-corrected chi connectivity index (χ4v) is 3.29. The molecule has 4 nitrogen and oxygen atoms in total. The lowest BCUT2D eigenvalue weighted by molar-refractivity contribution is -0.142. The number of hydrogen-bond acceptors (Lipinski definition) is 3. The minimum absolute atomic E-state index is 0.101. The summed E-state index contributed by atoms with van der Waals surface area (Å²) < 4.78 is 0. The van der Waals surface area contributed by atoms with Crippen molar-refractivity contribution in [3.63, 3.8) is 0 Å². The van der Waals surface area contributed by atoms with E-state index in [9.17, 15) is 9.90 Å². The minimum atomic E-state index is -0.652. The van der Waals surface area contributed by atoms with Gasteiger partial charge in [-0.15, -0.1) is 0 Å². The van der Waals surface area contributed by atoms with Gasteiger partial charge in [0.05, 0.1) is 11.1 Å². The van der Waals surface area contributed by atoms with Gasteiger partial charge in [-0.1, -0.05) is 19.8 Å². The first kappa shape index (κ1) is 13.8. The largest absolute Gasteiger partial charge is 0.390 e. The van der Waals surface area contributed by atoms with Crippen LogP contribution in [0, 0.1) is 5.92 Å². The van der Waals surface area contributed by atoms with Crippen LogP contribution in [0.4, 0.5) is 0 Å². The van der Waals surface area contributed by atoms with Crippen molar-refractivity contribution in [2.24, 2.45) is 11.7 Å². The molecule has 18 heavy (non-hydrogen) atoms. The van der Waals surface area contributed by atoms with Crippen LogP contribution in [0.5, 0.6) is 0 Å². The SMILES string of the molecule is CC1CCCC(N)(C(=O)N2CCC(C)(O)CC2)C1. The van der Waals surface area contributed by atoms with E-state index in [1.165, 1.54) is 6.42 Å². The third-order valence-corrected chi connectivity index (χ3v) is 4.59. The lowest BCUT2D eigenvalue weighted by Crippen LogP contribution is -2.59. The van der Waals surface area contributed by atoms with Gasteiger partial charge in [0.1, 0.15) is 0 Å². The number of rotatable bonds is 1. The molecule has 2 rings (SSSR count). The number of nitrogens with two attached hydrogens (primary N) is 1. The normalized spacial score (nSPS) is 36.4. The first-order valence-electron chi connectivity index (χ1n) is 7.13. The van der Waals surface area contributed by atoms with Crippen LogP contribution >= 0.6 is 0 Å². The number of likely N-dealkylation sites (tertiary alicyclic amines) is 1. The zero-order valence-electron chi connectivity index (χ0n) is 11.6. The molecule has 0 radical (unpaired) electrons. The monoisotopic (exact) mass is 254 g/mol. The van der Waals surface area contributed by atoms with E-state index >= 15 is 0 Å². The van der Waals surface area contributed by atoms with Crippen LogP contribution in [0.25, 0.3) is 0 Å². The van der Waals surface area contributed by atoms with Gasteiger partial charge in [-0.3, -0.25) is 4.79 Å². The van der Waals surface area contributed by atoms with Crippen molar-refractivity contribution in [1.82, 2.24) is 4.90 Å². The van der Waals surface area contributed by atoms with Crippen molar-refractivity contribution in [3.05, 3.63) is 0 Å². The summed E-state index contributed by atoms with van der Waals surface area (Å²) in [7, 11) is 0. The maximum atomic E-state index is 12.6. The highest BCUT2D eigenvalue weighted by Gasteiger charge is 2.42. The van der Waals surface area contributed by atoms with Gasteiger partial charge in [-0.25, -0.2) is 0 Å². The number of aliphatic hydroxyl groups is 1. The predicted octanol–water partition coefficient (Wildman–Crippen LogP) is 1.27. The van der Waals surface area contributed by atoms with E-state index in [1.807, 2.05) is 11.8 Å². The smallest absolute Gasteiger partial charge is 0.242 e. The van der Waals surface area contributed by atoms with E-state index in [2.05, 4.69) is 6.92 Å². The molecule has 1 aliphatic carbocycles. The first-order valence-corrected chi connectivity index (χ1v) is 7.13. The van der Waals surface area contributed by atoms with Gasteiger partial charge in [0, 0.05) is 13.1 Å². The second-order valence-electron chi connectivity index (χ2n) is 6.65. The lowest BCUT2D eigenvalue weighted by atomic mass is 9.76. The van der Waals surface area contributed by atoms with E-state index in [0.29, 0.717) is 31.8 Å². The Bertz CT molecular complexity index is 320. The Morgan fingerprint density at radius 3 is 2.50 bits per heavy atom. The summed E-state index contributed by atoms with van der Waals surface area (Å²) in [6, 6.07) is 0. The summed E-state index contributed by atoms with van der Waals surface area (Å²) in [6.07, 6.45) is 5.16. The average Bonchev–Trinajstić information content (AvgIpc) is 2.28. The Morgan fingerprint density at radius 1 is 1.33 bits per heavy atom. The number of carbonyl (C=O) groups excluding carboxylic acids is 1. The van der Waals surface area contributed by atoms with Gasteiger partial charge in [0.25, 0.3) is 0 Å². The molecule has 2 fully saturated rings. The summed E-state index contributed by atoms with van der Waals surface area (Å²) in [5.41, 5.74) is 5.07. The van der Waals surface area contributed by atoms with Crippen molar-refractivity contribution in [2.45, 2.75) is 63.5 Å². The fourth-order valence-electron chi connectivity index (χ4n) is 3.29. The van der Waals surface area contributed by atoms with Crippen molar-refractivity contribution < 1.29 is 9.90 Å². The van der Waals surface area contributed by atoms with Crippen molar-refractivity contribution in [2.75, 3.05) is 13.1 Å². The molecule has 0 aromatic rings. The molecule has 0 aromatic carbocycles. The summed E-state index contributed by atoms with van der Waals surface area (Å²) in [5, 5.41) is 9.92. The third-order valence-electron chi connectivity index (χ3n) is 4.59. The van der Waals surface area contributed by atoms with Gasteiger partial charge in [-0.05, 0) is 38.5 Å². The zero-order chi connectivity index (χ0) is 13.4. The number of hydrogen-bond donors (Lipinski definition) is 2. The lowest BCUT2D eigenvalue weighted by Gasteiger charge is -2.42. The molecule has 1 saturated carbocycles. The molecule has 2 aliphatic rings. The Labute approximate surface area is 110 Å². The molecule has 4 heteroatoms. The highest BCUT2D eigenvalue weighted by Crippen LogP contribution is 2.33. The Hall–Kier alpha value is -0.610. The second kappa shape index (κ2) is 4.82. The van der Waals surface area contributed by atoms with Crippen molar-refractivity contribution >= 4 is 5.91 Å². The number of piperidine rings is 1. The van der Waals surface area contributed by atoms with Crippen LogP contribution in [0.2, 0.25) is 0 Å². The molecule has 0 aromatic heterocycles. The molecule has 2 atom stereocenters. The van der Waals surface area contributed by atoms with E-state index in [-0.39, 0.29) is 5.91 Å². The van der Waals surface area contributed by atoms with Gasteiger partial charge < -0.3 is 15.7 Å². The summed E-state index contributed by atoms with van der Waals surface area (Å²) in [5.74, 6) is 0.644.